The highest BCUT2D eigenvalue weighted by atomic mass is 16.2. The Labute approximate surface area is 122 Å². The molecule has 0 radical (unpaired) electrons. The molecule has 0 aliphatic carbocycles. The molecule has 3 nitrogen and oxygen atoms in total. The minimum Gasteiger partial charge on any atom is -0.321 e. The highest BCUT2D eigenvalue weighted by Crippen LogP contribution is 2.32. The maximum Gasteiger partial charge on any atom is 0.244 e. The SMILES string of the molecule is CCC1(C)NC(c2ccccc2)N(CCC(C)C)C1=O. The number of amides is 1. The lowest BCUT2D eigenvalue weighted by Crippen LogP contribution is -2.43. The molecule has 1 aromatic carbocycles. The summed E-state index contributed by atoms with van der Waals surface area (Å²) in [6.07, 6.45) is 1.86. The van der Waals surface area contributed by atoms with E-state index in [1.54, 1.807) is 0 Å². The van der Waals surface area contributed by atoms with Crippen LogP contribution in [-0.4, -0.2) is 22.9 Å². The molecule has 0 bridgehead atoms. The molecule has 1 heterocycles. The summed E-state index contributed by atoms with van der Waals surface area (Å²) in [6, 6.07) is 10.3. The summed E-state index contributed by atoms with van der Waals surface area (Å²) >= 11 is 0. The Bertz CT molecular complexity index is 457. The predicted molar refractivity (Wildman–Crippen MR) is 82.2 cm³/mol. The first-order chi connectivity index (χ1) is 9.48. The van der Waals surface area contributed by atoms with Crippen molar-refractivity contribution in [2.75, 3.05) is 6.54 Å². The van der Waals surface area contributed by atoms with Crippen LogP contribution in [0.1, 0.15) is 52.3 Å². The van der Waals surface area contributed by atoms with Gasteiger partial charge in [0, 0.05) is 6.54 Å². The Morgan fingerprint density at radius 1 is 1.30 bits per heavy atom. The number of nitrogens with zero attached hydrogens (tertiary/aromatic N) is 1. The zero-order chi connectivity index (χ0) is 14.8. The van der Waals surface area contributed by atoms with E-state index < -0.39 is 5.54 Å². The lowest BCUT2D eigenvalue weighted by molar-refractivity contribution is -0.133. The van der Waals surface area contributed by atoms with Crippen LogP contribution >= 0.6 is 0 Å². The van der Waals surface area contributed by atoms with Gasteiger partial charge in [-0.3, -0.25) is 10.1 Å². The molecule has 110 valence electrons. The van der Waals surface area contributed by atoms with Crippen LogP contribution in [0.5, 0.6) is 0 Å². The fourth-order valence-electron chi connectivity index (χ4n) is 2.66. The average molecular weight is 274 g/mol. The molecule has 1 aliphatic heterocycles. The number of nitrogens with one attached hydrogen (secondary N) is 1. The molecule has 0 saturated carbocycles. The number of hydrogen-bond acceptors (Lipinski definition) is 2. The molecule has 0 aromatic heterocycles. The van der Waals surface area contributed by atoms with Crippen LogP contribution < -0.4 is 5.32 Å². The molecule has 1 aliphatic rings. The second kappa shape index (κ2) is 5.96. The molecule has 1 amide bonds. The van der Waals surface area contributed by atoms with Gasteiger partial charge in [-0.2, -0.15) is 0 Å². The minimum atomic E-state index is -0.433. The van der Waals surface area contributed by atoms with Gasteiger partial charge in [0.15, 0.2) is 0 Å². The van der Waals surface area contributed by atoms with Gasteiger partial charge < -0.3 is 4.90 Å². The van der Waals surface area contributed by atoms with Crippen LogP contribution in [0.2, 0.25) is 0 Å². The van der Waals surface area contributed by atoms with Crippen molar-refractivity contribution in [2.45, 2.75) is 52.2 Å². The minimum absolute atomic E-state index is 0.00685. The lowest BCUT2D eigenvalue weighted by Gasteiger charge is -2.25. The third kappa shape index (κ3) is 2.88. The van der Waals surface area contributed by atoms with Crippen LogP contribution in [0, 0.1) is 5.92 Å². The number of carbonyl (C=O) groups excluding carboxylic acids is 1. The molecule has 20 heavy (non-hydrogen) atoms. The highest BCUT2D eigenvalue weighted by Gasteiger charge is 2.46. The largest absolute Gasteiger partial charge is 0.321 e. The molecule has 2 rings (SSSR count). The Morgan fingerprint density at radius 2 is 1.95 bits per heavy atom. The van der Waals surface area contributed by atoms with E-state index in [0.29, 0.717) is 5.92 Å². The van der Waals surface area contributed by atoms with Gasteiger partial charge in [0.25, 0.3) is 0 Å². The zero-order valence-electron chi connectivity index (χ0n) is 13.0. The molecule has 2 unspecified atom stereocenters. The van der Waals surface area contributed by atoms with Crippen molar-refractivity contribution in [3.05, 3.63) is 35.9 Å². The van der Waals surface area contributed by atoms with Gasteiger partial charge in [-0.1, -0.05) is 51.1 Å². The van der Waals surface area contributed by atoms with Crippen LogP contribution in [0.15, 0.2) is 30.3 Å². The molecule has 1 aromatic rings. The maximum atomic E-state index is 12.7. The van der Waals surface area contributed by atoms with Gasteiger partial charge in [0.2, 0.25) is 5.91 Å². The van der Waals surface area contributed by atoms with E-state index in [-0.39, 0.29) is 12.1 Å². The Hall–Kier alpha value is -1.35. The Balaban J connectivity index is 2.25. The summed E-state index contributed by atoms with van der Waals surface area (Å²) in [5.41, 5.74) is 0.735. The second-order valence-corrected chi connectivity index (χ2v) is 6.32. The normalized spacial score (nSPS) is 26.6. The van der Waals surface area contributed by atoms with Crippen LogP contribution in [0.4, 0.5) is 0 Å². The maximum absolute atomic E-state index is 12.7. The smallest absolute Gasteiger partial charge is 0.244 e. The third-order valence-electron chi connectivity index (χ3n) is 4.27. The summed E-state index contributed by atoms with van der Waals surface area (Å²) < 4.78 is 0. The number of hydrogen-bond donors (Lipinski definition) is 1. The van der Waals surface area contributed by atoms with Crippen LogP contribution in [0.3, 0.4) is 0 Å². The van der Waals surface area contributed by atoms with Crippen molar-refractivity contribution in [3.8, 4) is 0 Å². The van der Waals surface area contributed by atoms with Crippen molar-refractivity contribution in [2.24, 2.45) is 5.92 Å². The van der Waals surface area contributed by atoms with E-state index in [0.717, 1.165) is 19.4 Å². The predicted octanol–water partition coefficient (Wildman–Crippen LogP) is 3.33. The van der Waals surface area contributed by atoms with E-state index >= 15 is 0 Å². The number of benzene rings is 1. The van der Waals surface area contributed by atoms with Gasteiger partial charge in [0.1, 0.15) is 6.17 Å². The monoisotopic (exact) mass is 274 g/mol. The summed E-state index contributed by atoms with van der Waals surface area (Å²) in [5.74, 6) is 0.835. The van der Waals surface area contributed by atoms with E-state index in [1.165, 1.54) is 5.56 Å². The highest BCUT2D eigenvalue weighted by molar-refractivity contribution is 5.88. The van der Waals surface area contributed by atoms with Gasteiger partial charge in [0.05, 0.1) is 5.54 Å². The molecule has 0 spiro atoms. The summed E-state index contributed by atoms with van der Waals surface area (Å²) in [6.45, 7) is 9.30. The second-order valence-electron chi connectivity index (χ2n) is 6.32. The van der Waals surface area contributed by atoms with Crippen molar-refractivity contribution in [3.63, 3.8) is 0 Å². The van der Waals surface area contributed by atoms with Crippen LogP contribution in [-0.2, 0) is 4.79 Å². The van der Waals surface area contributed by atoms with E-state index in [1.807, 2.05) is 30.0 Å². The summed E-state index contributed by atoms with van der Waals surface area (Å²) in [7, 11) is 0. The number of carbonyl (C=O) groups is 1. The quantitative estimate of drug-likeness (QED) is 0.893. The average Bonchev–Trinajstić information content (AvgIpc) is 2.71. The number of rotatable bonds is 5. The zero-order valence-corrected chi connectivity index (χ0v) is 13.0. The van der Waals surface area contributed by atoms with E-state index in [2.05, 4.69) is 38.2 Å². The molecule has 1 N–H and O–H groups in total. The molecular weight excluding hydrogens is 248 g/mol. The Morgan fingerprint density at radius 3 is 2.50 bits per heavy atom. The topological polar surface area (TPSA) is 32.3 Å². The third-order valence-corrected chi connectivity index (χ3v) is 4.27. The summed E-state index contributed by atoms with van der Waals surface area (Å²) in [5, 5.41) is 3.53. The fraction of sp³-hybridized carbons (Fsp3) is 0.588. The molecule has 1 fully saturated rings. The first-order valence-corrected chi connectivity index (χ1v) is 7.61. The van der Waals surface area contributed by atoms with E-state index in [4.69, 9.17) is 0 Å². The first kappa shape index (κ1) is 15.0. The van der Waals surface area contributed by atoms with Crippen molar-refractivity contribution in [1.29, 1.82) is 0 Å². The molecule has 1 saturated heterocycles. The molecule has 3 heteroatoms. The van der Waals surface area contributed by atoms with E-state index in [9.17, 15) is 4.79 Å². The van der Waals surface area contributed by atoms with Gasteiger partial charge in [-0.05, 0) is 31.2 Å². The van der Waals surface area contributed by atoms with Crippen molar-refractivity contribution < 1.29 is 4.79 Å². The van der Waals surface area contributed by atoms with Crippen LogP contribution in [0.25, 0.3) is 0 Å². The summed E-state index contributed by atoms with van der Waals surface area (Å²) in [4.78, 5) is 14.7. The Kier molecular flexibility index (Phi) is 4.48. The molecular formula is C17H26N2O. The fourth-order valence-corrected chi connectivity index (χ4v) is 2.66. The standard InChI is InChI=1S/C17H26N2O/c1-5-17(4)16(20)19(12-11-13(2)3)15(18-17)14-9-7-6-8-10-14/h6-10,13,15,18H,5,11-12H2,1-4H3. The van der Waals surface area contributed by atoms with Gasteiger partial charge in [-0.15, -0.1) is 0 Å². The first-order valence-electron chi connectivity index (χ1n) is 7.61. The molecule has 2 atom stereocenters. The van der Waals surface area contributed by atoms with Gasteiger partial charge in [-0.25, -0.2) is 0 Å². The van der Waals surface area contributed by atoms with Crippen molar-refractivity contribution in [1.82, 2.24) is 10.2 Å². The van der Waals surface area contributed by atoms with Gasteiger partial charge >= 0.3 is 0 Å². The lowest BCUT2D eigenvalue weighted by atomic mass is 9.99. The van der Waals surface area contributed by atoms with Crippen molar-refractivity contribution >= 4 is 5.91 Å².